The molecule has 0 saturated carbocycles. The number of carbonyl (C=O) groups excluding carboxylic acids is 1. The number of β-lactam (4-membered cyclic amide) rings is 1. The molecule has 3 aliphatic rings. The lowest BCUT2D eigenvalue weighted by atomic mass is 9.78. The van der Waals surface area contributed by atoms with E-state index in [1.165, 1.54) is 28.0 Å². The highest BCUT2D eigenvalue weighted by Gasteiger charge is 2.60. The summed E-state index contributed by atoms with van der Waals surface area (Å²) in [4.78, 5) is 41.8. The molecule has 3 N–H and O–H groups in total. The van der Waals surface area contributed by atoms with Gasteiger partial charge >= 0.3 is 5.97 Å². The lowest BCUT2D eigenvalue weighted by Crippen LogP contribution is -2.63. The quantitative estimate of drug-likeness (QED) is 0.433. The average molecular weight is 437 g/mol. The molecule has 4 rings (SSSR count). The first-order valence-corrected chi connectivity index (χ1v) is 10.9. The van der Waals surface area contributed by atoms with Crippen LogP contribution in [0.2, 0.25) is 0 Å². The highest BCUT2D eigenvalue weighted by molar-refractivity contribution is 8.04. The molecule has 0 aromatic carbocycles. The van der Waals surface area contributed by atoms with Crippen LogP contribution in [0.5, 0.6) is 0 Å². The summed E-state index contributed by atoms with van der Waals surface area (Å²) < 4.78 is 0.665. The fraction of sp³-hybridized carbons (Fsp3) is 0.500. The van der Waals surface area contributed by atoms with Crippen LogP contribution in [0.1, 0.15) is 19.5 Å². The van der Waals surface area contributed by atoms with Gasteiger partial charge in [0.15, 0.2) is 4.34 Å². The molecule has 1 aromatic rings. The Bertz CT molecular complexity index is 942. The average Bonchev–Trinajstić information content (AvgIpc) is 3.40. The Kier molecular flexibility index (Phi) is 5.32. The highest BCUT2D eigenvalue weighted by Crippen LogP contribution is 2.52. The first kappa shape index (κ1) is 20.2. The Morgan fingerprint density at radius 3 is 2.97 bits per heavy atom. The fourth-order valence-corrected chi connectivity index (χ4v) is 6.36. The van der Waals surface area contributed by atoms with Crippen molar-refractivity contribution in [2.45, 2.75) is 36.3 Å². The lowest BCUT2D eigenvalue weighted by Gasteiger charge is -2.45. The van der Waals surface area contributed by atoms with Gasteiger partial charge in [0.2, 0.25) is 5.91 Å². The van der Waals surface area contributed by atoms with Crippen molar-refractivity contribution in [2.75, 3.05) is 13.2 Å². The van der Waals surface area contributed by atoms with Gasteiger partial charge in [0, 0.05) is 22.7 Å². The SMILES string of the molecule is C[C@H]1C(Sc2nc(C3=CCN[C@H]3CO)cs2)=C(C(=O)O)N2C(=O)[C@H]([C@@H](C)N=O)C12. The number of fused-ring (bicyclic) bond motifs is 1. The van der Waals surface area contributed by atoms with E-state index in [9.17, 15) is 24.7 Å². The summed E-state index contributed by atoms with van der Waals surface area (Å²) >= 11 is 2.64. The molecule has 154 valence electrons. The maximum atomic E-state index is 12.5. The number of amides is 1. The number of hydrogen-bond donors (Lipinski definition) is 3. The van der Waals surface area contributed by atoms with E-state index >= 15 is 0 Å². The molecule has 1 fully saturated rings. The number of nitrogens with zero attached hydrogens (tertiary/aromatic N) is 3. The van der Waals surface area contributed by atoms with Crippen molar-refractivity contribution in [2.24, 2.45) is 17.0 Å². The molecule has 1 unspecified atom stereocenters. The number of aliphatic carboxylic acids is 1. The molecule has 5 atom stereocenters. The minimum absolute atomic E-state index is 0.0275. The van der Waals surface area contributed by atoms with Gasteiger partial charge in [-0.3, -0.25) is 4.79 Å². The molecule has 0 bridgehead atoms. The predicted molar refractivity (Wildman–Crippen MR) is 108 cm³/mol. The second-order valence-electron chi connectivity index (χ2n) is 7.28. The number of thioether (sulfide) groups is 1. The van der Waals surface area contributed by atoms with E-state index in [0.717, 1.165) is 11.3 Å². The first-order chi connectivity index (χ1) is 13.9. The number of nitroso groups, excluding NO2 is 1. The van der Waals surface area contributed by atoms with Crippen molar-refractivity contribution in [1.82, 2.24) is 15.2 Å². The number of carboxylic acids is 1. The topological polar surface area (TPSA) is 132 Å². The number of aromatic nitrogens is 1. The molecular formula is C18H20N4O5S2. The van der Waals surface area contributed by atoms with Crippen molar-refractivity contribution in [3.05, 3.63) is 32.7 Å². The maximum absolute atomic E-state index is 12.5. The number of rotatable bonds is 7. The van der Waals surface area contributed by atoms with E-state index in [1.807, 2.05) is 18.4 Å². The van der Waals surface area contributed by atoms with Gasteiger partial charge in [-0.1, -0.05) is 29.9 Å². The number of nitrogens with one attached hydrogen (secondary N) is 1. The van der Waals surface area contributed by atoms with Crippen molar-refractivity contribution in [3.8, 4) is 0 Å². The second-order valence-corrected chi connectivity index (χ2v) is 9.43. The zero-order valence-electron chi connectivity index (χ0n) is 15.7. The third-order valence-electron chi connectivity index (χ3n) is 5.70. The molecule has 11 heteroatoms. The van der Waals surface area contributed by atoms with E-state index in [4.69, 9.17) is 0 Å². The Labute approximate surface area is 174 Å². The Hall–Kier alpha value is -2.08. The summed E-state index contributed by atoms with van der Waals surface area (Å²) in [5, 5.41) is 27.2. The molecule has 29 heavy (non-hydrogen) atoms. The summed E-state index contributed by atoms with van der Waals surface area (Å²) in [6.45, 7) is 4.08. The molecule has 1 saturated heterocycles. The third kappa shape index (κ3) is 3.12. The van der Waals surface area contributed by atoms with Gasteiger partial charge in [0.1, 0.15) is 11.7 Å². The predicted octanol–water partition coefficient (Wildman–Crippen LogP) is 1.51. The van der Waals surface area contributed by atoms with Crippen molar-refractivity contribution >= 4 is 40.5 Å². The van der Waals surface area contributed by atoms with Crippen LogP contribution in [-0.2, 0) is 9.59 Å². The van der Waals surface area contributed by atoms with Gasteiger partial charge in [-0.15, -0.1) is 11.3 Å². The normalized spacial score (nSPS) is 29.6. The van der Waals surface area contributed by atoms with Crippen LogP contribution in [0.25, 0.3) is 5.57 Å². The Morgan fingerprint density at radius 1 is 1.55 bits per heavy atom. The molecule has 1 amide bonds. The number of thiazole rings is 1. The van der Waals surface area contributed by atoms with Crippen LogP contribution in [0.4, 0.5) is 0 Å². The number of carbonyl (C=O) groups is 2. The minimum atomic E-state index is -1.17. The number of carboxylic acid groups (broad SMARTS) is 1. The lowest BCUT2D eigenvalue weighted by molar-refractivity contribution is -0.157. The van der Waals surface area contributed by atoms with Crippen LogP contribution in [-0.4, -0.2) is 63.3 Å². The van der Waals surface area contributed by atoms with Gasteiger partial charge in [0.05, 0.1) is 30.3 Å². The Morgan fingerprint density at radius 2 is 2.31 bits per heavy atom. The van der Waals surface area contributed by atoms with E-state index in [-0.39, 0.29) is 36.2 Å². The first-order valence-electron chi connectivity index (χ1n) is 9.20. The number of aliphatic hydroxyl groups is 1. The summed E-state index contributed by atoms with van der Waals surface area (Å²) in [5.74, 6) is -2.36. The standard InChI is InChI=1S/C18H20N4O5S2/c1-7-13-12(8(2)21-27)16(24)22(13)14(17(25)26)15(7)29-18-20-11(6-28-18)9-3-4-19-10(9)5-23/h3,6-8,10,12-13,19,23H,4-5H2,1-2H3,(H,25,26)/t7-,8-,10+,12-,13?/m1/s1. The largest absolute Gasteiger partial charge is 0.477 e. The molecule has 0 spiro atoms. The molecule has 3 aliphatic heterocycles. The van der Waals surface area contributed by atoms with E-state index in [2.05, 4.69) is 15.5 Å². The van der Waals surface area contributed by atoms with Crippen LogP contribution in [0.3, 0.4) is 0 Å². The van der Waals surface area contributed by atoms with Gasteiger partial charge in [-0.25, -0.2) is 9.78 Å². The molecule has 4 heterocycles. The summed E-state index contributed by atoms with van der Waals surface area (Å²) in [7, 11) is 0. The number of aliphatic hydroxyl groups excluding tert-OH is 1. The molecule has 9 nitrogen and oxygen atoms in total. The van der Waals surface area contributed by atoms with Gasteiger partial charge < -0.3 is 20.4 Å². The van der Waals surface area contributed by atoms with E-state index in [0.29, 0.717) is 15.8 Å². The summed E-state index contributed by atoms with van der Waals surface area (Å²) in [5.41, 5.74) is 1.65. The third-order valence-corrected chi connectivity index (χ3v) is 7.92. The smallest absolute Gasteiger partial charge is 0.353 e. The number of hydrogen-bond acceptors (Lipinski definition) is 9. The highest BCUT2D eigenvalue weighted by atomic mass is 32.2. The zero-order chi connectivity index (χ0) is 20.9. The Balaban J connectivity index is 1.61. The van der Waals surface area contributed by atoms with Crippen LogP contribution in [0, 0.1) is 16.7 Å². The molecule has 0 aliphatic carbocycles. The minimum Gasteiger partial charge on any atom is -0.477 e. The van der Waals surface area contributed by atoms with E-state index < -0.39 is 17.9 Å². The second kappa shape index (κ2) is 7.63. The van der Waals surface area contributed by atoms with Crippen LogP contribution in [0.15, 0.2) is 31.6 Å². The van der Waals surface area contributed by atoms with Crippen molar-refractivity contribution < 1.29 is 19.8 Å². The van der Waals surface area contributed by atoms with Gasteiger partial charge in [0.25, 0.3) is 0 Å². The van der Waals surface area contributed by atoms with Crippen molar-refractivity contribution in [1.29, 1.82) is 0 Å². The molecule has 1 aromatic heterocycles. The van der Waals surface area contributed by atoms with Crippen LogP contribution < -0.4 is 5.32 Å². The van der Waals surface area contributed by atoms with Gasteiger partial charge in [-0.2, -0.15) is 4.91 Å². The van der Waals surface area contributed by atoms with Crippen LogP contribution >= 0.6 is 23.1 Å². The molecular weight excluding hydrogens is 416 g/mol. The monoisotopic (exact) mass is 436 g/mol. The van der Waals surface area contributed by atoms with E-state index in [1.54, 1.807) is 6.92 Å². The molecule has 0 radical (unpaired) electrons. The maximum Gasteiger partial charge on any atom is 0.353 e. The van der Waals surface area contributed by atoms with Crippen molar-refractivity contribution in [3.63, 3.8) is 0 Å². The summed E-state index contributed by atoms with van der Waals surface area (Å²) in [6.07, 6.45) is 1.98. The van der Waals surface area contributed by atoms with Gasteiger partial charge in [-0.05, 0) is 12.5 Å². The zero-order valence-corrected chi connectivity index (χ0v) is 17.4. The fourth-order valence-electron chi connectivity index (χ4n) is 4.26. The summed E-state index contributed by atoms with van der Waals surface area (Å²) in [6, 6.07) is -1.23.